The molecule has 2 unspecified atom stereocenters. The third-order valence-electron chi connectivity index (χ3n) is 14.7. The van der Waals surface area contributed by atoms with Crippen LogP contribution in [0.2, 0.25) is 0 Å². The normalized spacial score (nSPS) is 12.8. The van der Waals surface area contributed by atoms with Gasteiger partial charge in [-0.3, -0.25) is 9.59 Å². The van der Waals surface area contributed by atoms with Crippen molar-refractivity contribution in [3.8, 4) is 0 Å². The summed E-state index contributed by atoms with van der Waals surface area (Å²) in [6.45, 7) is 4.93. The number of carbonyl (C=O) groups is 2. The van der Waals surface area contributed by atoms with E-state index >= 15 is 0 Å². The van der Waals surface area contributed by atoms with Crippen LogP contribution in [0, 0.1) is 0 Å². The number of unbranched alkanes of at least 4 members (excludes halogenated alkanes) is 42. The summed E-state index contributed by atoms with van der Waals surface area (Å²) in [4.78, 5) is 24.5. The van der Waals surface area contributed by atoms with Crippen molar-refractivity contribution >= 4 is 11.9 Å². The number of aliphatic hydroxyl groups is 2. The van der Waals surface area contributed by atoms with E-state index < -0.39 is 12.1 Å². The van der Waals surface area contributed by atoms with Crippen LogP contribution in [0.4, 0.5) is 0 Å². The average molecular weight is 999 g/mol. The molecule has 0 aromatic rings. The molecule has 0 aliphatic rings. The van der Waals surface area contributed by atoms with Gasteiger partial charge >= 0.3 is 5.97 Å². The van der Waals surface area contributed by atoms with Gasteiger partial charge in [0.15, 0.2) is 0 Å². The molecule has 3 N–H and O–H groups in total. The number of carbonyl (C=O) groups excluding carboxylic acids is 2. The molecular formula is C65H123NO5. The lowest BCUT2D eigenvalue weighted by atomic mass is 10.0. The standard InChI is InChI=1S/C65H123NO5/c1-3-5-7-9-11-13-15-17-29-33-37-41-45-49-53-57-63(68)62(61-67)66-64(69)58-54-50-46-42-38-34-31-27-25-23-21-19-20-22-24-26-28-32-36-40-44-48-52-56-60-71-65(70)59-55-51-47-43-39-35-30-18-16-14-12-10-8-6-4-2/h12,14,18,21,23,30,62-63,67-68H,3-11,13,15-17,19-20,22,24-29,31-61H2,1-2H3,(H,66,69)/b14-12-,23-21-,30-18-. The topological polar surface area (TPSA) is 95.9 Å². The third kappa shape index (κ3) is 57.2. The van der Waals surface area contributed by atoms with Gasteiger partial charge in [-0.2, -0.15) is 0 Å². The van der Waals surface area contributed by atoms with E-state index in [1.165, 1.54) is 257 Å². The molecule has 2 atom stereocenters. The van der Waals surface area contributed by atoms with Gasteiger partial charge < -0.3 is 20.3 Å². The summed E-state index contributed by atoms with van der Waals surface area (Å²) in [5, 5.41) is 23.3. The van der Waals surface area contributed by atoms with Crippen molar-refractivity contribution in [2.75, 3.05) is 13.2 Å². The number of hydrogen-bond donors (Lipinski definition) is 3. The van der Waals surface area contributed by atoms with Crippen molar-refractivity contribution in [3.05, 3.63) is 36.5 Å². The second kappa shape index (κ2) is 60.6. The van der Waals surface area contributed by atoms with Crippen molar-refractivity contribution in [1.82, 2.24) is 5.32 Å². The average Bonchev–Trinajstić information content (AvgIpc) is 3.37. The van der Waals surface area contributed by atoms with Gasteiger partial charge in [-0.25, -0.2) is 0 Å². The van der Waals surface area contributed by atoms with Gasteiger partial charge in [0.2, 0.25) is 5.91 Å². The summed E-state index contributed by atoms with van der Waals surface area (Å²) < 4.78 is 5.48. The lowest BCUT2D eigenvalue weighted by Crippen LogP contribution is -2.45. The van der Waals surface area contributed by atoms with Crippen molar-refractivity contribution < 1.29 is 24.5 Å². The predicted octanol–water partition coefficient (Wildman–Crippen LogP) is 20.0. The van der Waals surface area contributed by atoms with Crippen LogP contribution in [-0.2, 0) is 14.3 Å². The fourth-order valence-electron chi connectivity index (χ4n) is 9.78. The first-order valence-electron chi connectivity index (χ1n) is 31.7. The van der Waals surface area contributed by atoms with E-state index in [0.29, 0.717) is 25.9 Å². The quantitative estimate of drug-likeness (QED) is 0.0321. The molecule has 0 bridgehead atoms. The fraction of sp³-hybridized carbons (Fsp3) is 0.877. The maximum Gasteiger partial charge on any atom is 0.305 e. The van der Waals surface area contributed by atoms with Crippen LogP contribution in [0.15, 0.2) is 36.5 Å². The lowest BCUT2D eigenvalue weighted by molar-refractivity contribution is -0.143. The highest BCUT2D eigenvalue weighted by Crippen LogP contribution is 2.17. The predicted molar refractivity (Wildman–Crippen MR) is 310 cm³/mol. The van der Waals surface area contributed by atoms with Crippen molar-refractivity contribution in [2.45, 2.75) is 353 Å². The van der Waals surface area contributed by atoms with E-state index in [1.54, 1.807) is 0 Å². The van der Waals surface area contributed by atoms with Gasteiger partial charge in [0.25, 0.3) is 0 Å². The number of ether oxygens (including phenoxy) is 1. The van der Waals surface area contributed by atoms with Gasteiger partial charge in [0.1, 0.15) is 0 Å². The third-order valence-corrected chi connectivity index (χ3v) is 14.7. The summed E-state index contributed by atoms with van der Waals surface area (Å²) in [6, 6.07) is -0.545. The largest absolute Gasteiger partial charge is 0.466 e. The van der Waals surface area contributed by atoms with Gasteiger partial charge in [-0.1, -0.05) is 281 Å². The van der Waals surface area contributed by atoms with E-state index in [1.807, 2.05) is 0 Å². The summed E-state index contributed by atoms with van der Waals surface area (Å²) in [5.41, 5.74) is 0. The zero-order valence-electron chi connectivity index (χ0n) is 47.7. The van der Waals surface area contributed by atoms with Gasteiger partial charge in [0, 0.05) is 12.8 Å². The second-order valence-corrected chi connectivity index (χ2v) is 21.7. The second-order valence-electron chi connectivity index (χ2n) is 21.7. The molecule has 0 heterocycles. The molecule has 0 radical (unpaired) electrons. The smallest absolute Gasteiger partial charge is 0.305 e. The van der Waals surface area contributed by atoms with E-state index in [-0.39, 0.29) is 18.5 Å². The number of allylic oxidation sites excluding steroid dienone is 6. The van der Waals surface area contributed by atoms with Crippen LogP contribution in [0.3, 0.4) is 0 Å². The van der Waals surface area contributed by atoms with Gasteiger partial charge in [0.05, 0.1) is 25.4 Å². The Kier molecular flexibility index (Phi) is 59.0. The lowest BCUT2D eigenvalue weighted by Gasteiger charge is -2.22. The Bertz CT molecular complexity index is 1150. The monoisotopic (exact) mass is 998 g/mol. The first kappa shape index (κ1) is 69.1. The molecule has 418 valence electrons. The molecule has 0 saturated carbocycles. The zero-order chi connectivity index (χ0) is 51.4. The molecular weight excluding hydrogens is 875 g/mol. The van der Waals surface area contributed by atoms with Crippen LogP contribution in [0.1, 0.15) is 341 Å². The van der Waals surface area contributed by atoms with E-state index in [4.69, 9.17) is 4.74 Å². The Morgan fingerprint density at radius 1 is 0.394 bits per heavy atom. The maximum atomic E-state index is 12.5. The van der Waals surface area contributed by atoms with Gasteiger partial charge in [-0.15, -0.1) is 0 Å². The molecule has 0 aliphatic heterocycles. The van der Waals surface area contributed by atoms with E-state index in [0.717, 1.165) is 51.4 Å². The van der Waals surface area contributed by atoms with E-state index in [2.05, 4.69) is 55.6 Å². The van der Waals surface area contributed by atoms with Crippen molar-refractivity contribution in [1.29, 1.82) is 0 Å². The Morgan fingerprint density at radius 3 is 1.11 bits per heavy atom. The highest BCUT2D eigenvalue weighted by atomic mass is 16.5. The molecule has 6 heteroatoms. The summed E-state index contributed by atoms with van der Waals surface area (Å²) in [6.07, 6.45) is 75.8. The molecule has 0 saturated heterocycles. The molecule has 0 aromatic carbocycles. The first-order valence-corrected chi connectivity index (χ1v) is 31.7. The number of nitrogens with one attached hydrogen (secondary N) is 1. The minimum atomic E-state index is -0.667. The van der Waals surface area contributed by atoms with Gasteiger partial charge in [-0.05, 0) is 83.5 Å². The Balaban J connectivity index is 3.41. The molecule has 0 aromatic heterocycles. The summed E-state index contributed by atoms with van der Waals surface area (Å²) in [5.74, 6) is -0.0395. The summed E-state index contributed by atoms with van der Waals surface area (Å²) >= 11 is 0. The molecule has 0 rings (SSSR count). The molecule has 0 aliphatic carbocycles. The Labute approximate surface area is 443 Å². The molecule has 1 amide bonds. The zero-order valence-corrected chi connectivity index (χ0v) is 47.7. The van der Waals surface area contributed by atoms with Crippen LogP contribution in [-0.4, -0.2) is 47.4 Å². The SMILES string of the molecule is CCCCC/C=C\C/C=C\CCCCCCCC(=O)OCCCCCCCCCCCCCC/C=C\CCCCCCCCCCC(=O)NC(CO)C(O)CCCCCCCCCCCCCCCCC. The van der Waals surface area contributed by atoms with Crippen LogP contribution in [0.5, 0.6) is 0 Å². The molecule has 6 nitrogen and oxygen atoms in total. The minimum absolute atomic E-state index is 0.00139. The van der Waals surface area contributed by atoms with Crippen LogP contribution < -0.4 is 5.32 Å². The van der Waals surface area contributed by atoms with E-state index in [9.17, 15) is 19.8 Å². The molecule has 0 spiro atoms. The number of rotatable bonds is 59. The number of hydrogen-bond acceptors (Lipinski definition) is 5. The number of esters is 1. The number of aliphatic hydroxyl groups excluding tert-OH is 2. The highest BCUT2D eigenvalue weighted by molar-refractivity contribution is 5.76. The Morgan fingerprint density at radius 2 is 0.704 bits per heavy atom. The molecule has 0 fully saturated rings. The van der Waals surface area contributed by atoms with Crippen LogP contribution in [0.25, 0.3) is 0 Å². The van der Waals surface area contributed by atoms with Crippen molar-refractivity contribution in [2.24, 2.45) is 0 Å². The minimum Gasteiger partial charge on any atom is -0.466 e. The van der Waals surface area contributed by atoms with Crippen molar-refractivity contribution in [3.63, 3.8) is 0 Å². The Hall–Kier alpha value is -1.92. The summed E-state index contributed by atoms with van der Waals surface area (Å²) in [7, 11) is 0. The highest BCUT2D eigenvalue weighted by Gasteiger charge is 2.20. The fourth-order valence-corrected chi connectivity index (χ4v) is 9.78. The maximum absolute atomic E-state index is 12.5. The number of amides is 1. The van der Waals surface area contributed by atoms with Crippen LogP contribution >= 0.6 is 0 Å². The molecule has 71 heavy (non-hydrogen) atoms. The first-order chi connectivity index (χ1) is 35.0.